The predicted molar refractivity (Wildman–Crippen MR) is 111 cm³/mol. The van der Waals surface area contributed by atoms with Crippen molar-refractivity contribution < 1.29 is 39.6 Å². The molecule has 5 nitrogen and oxygen atoms in total. The van der Waals surface area contributed by atoms with Gasteiger partial charge in [0.15, 0.2) is 0 Å². The molecule has 1 aliphatic heterocycles. The summed E-state index contributed by atoms with van der Waals surface area (Å²) in [5.41, 5.74) is -3.79. The fraction of sp³-hybridized carbons (Fsp3) is 0.350. The quantitative estimate of drug-likeness (QED) is 0.502. The van der Waals surface area contributed by atoms with Crippen molar-refractivity contribution in [2.45, 2.75) is 30.1 Å². The maximum atomic E-state index is 13.0. The van der Waals surface area contributed by atoms with Crippen LogP contribution in [0.5, 0.6) is 0 Å². The molecule has 0 aromatic heterocycles. The van der Waals surface area contributed by atoms with Gasteiger partial charge in [-0.3, -0.25) is 4.79 Å². The summed E-state index contributed by atoms with van der Waals surface area (Å²) in [5.74, 6) is -1.81. The lowest BCUT2D eigenvalue weighted by Crippen LogP contribution is -2.43. The molecule has 0 spiro atoms. The number of sulfonamides is 1. The van der Waals surface area contributed by atoms with E-state index in [0.29, 0.717) is 23.0 Å². The Morgan fingerprint density at radius 3 is 2.03 bits per heavy atom. The smallest absolute Gasteiger partial charge is 0.326 e. The Balaban J connectivity index is 1.81. The molecule has 0 radical (unpaired) electrons. The van der Waals surface area contributed by atoms with Gasteiger partial charge < -0.3 is 5.32 Å². The minimum Gasteiger partial charge on any atom is -0.326 e. The van der Waals surface area contributed by atoms with Crippen LogP contribution in [-0.2, 0) is 27.2 Å². The van der Waals surface area contributed by atoms with E-state index in [1.54, 1.807) is 0 Å². The lowest BCUT2D eigenvalue weighted by atomic mass is 9.98. The normalized spacial score (nSPS) is 18.2. The van der Waals surface area contributed by atoms with Crippen LogP contribution < -0.4 is 5.32 Å². The van der Waals surface area contributed by atoms with Gasteiger partial charge in [-0.15, -0.1) is 0 Å². The van der Waals surface area contributed by atoms with E-state index >= 15 is 0 Å². The number of carbonyl (C=O) groups excluding carboxylic acids is 1. The van der Waals surface area contributed by atoms with Crippen molar-refractivity contribution >= 4 is 37.5 Å². The van der Waals surface area contributed by atoms with Gasteiger partial charge in [0, 0.05) is 23.2 Å². The minimum atomic E-state index is -5.05. The Bertz CT molecular complexity index is 1100. The van der Waals surface area contributed by atoms with Crippen molar-refractivity contribution in [1.82, 2.24) is 4.31 Å². The number of anilines is 1. The molecule has 0 bridgehead atoms. The second-order valence-electron chi connectivity index (χ2n) is 7.44. The van der Waals surface area contributed by atoms with Crippen LogP contribution in [0.1, 0.15) is 24.0 Å². The van der Waals surface area contributed by atoms with Crippen molar-refractivity contribution in [2.75, 3.05) is 18.4 Å². The Hall–Kier alpha value is -2.12. The van der Waals surface area contributed by atoms with E-state index in [2.05, 4.69) is 21.2 Å². The summed E-state index contributed by atoms with van der Waals surface area (Å²) < 4.78 is 106. The maximum Gasteiger partial charge on any atom is 0.416 e. The molecule has 1 aliphatic rings. The first-order chi connectivity index (χ1) is 15.2. The van der Waals surface area contributed by atoms with Gasteiger partial charge in [0.1, 0.15) is 0 Å². The van der Waals surface area contributed by atoms with E-state index in [1.807, 2.05) is 0 Å². The highest BCUT2D eigenvalue weighted by molar-refractivity contribution is 9.10. The summed E-state index contributed by atoms with van der Waals surface area (Å²) >= 11 is 3.20. The first-order valence-electron chi connectivity index (χ1n) is 9.54. The zero-order valence-electron chi connectivity index (χ0n) is 16.7. The molecule has 1 N–H and O–H groups in total. The fourth-order valence-electron chi connectivity index (χ4n) is 3.40. The molecule has 1 unspecified atom stereocenters. The second kappa shape index (κ2) is 9.26. The number of piperidine rings is 1. The summed E-state index contributed by atoms with van der Waals surface area (Å²) in [6.45, 7) is -0.126. The zero-order valence-corrected chi connectivity index (χ0v) is 19.1. The average molecular weight is 559 g/mol. The molecule has 1 amide bonds. The monoisotopic (exact) mass is 558 g/mol. The summed E-state index contributed by atoms with van der Waals surface area (Å²) in [7, 11) is -3.94. The number of benzene rings is 2. The molecule has 2 aromatic carbocycles. The van der Waals surface area contributed by atoms with Crippen LogP contribution in [0.3, 0.4) is 0 Å². The van der Waals surface area contributed by atoms with Crippen molar-refractivity contribution in [3.05, 3.63) is 58.1 Å². The number of rotatable bonds is 4. The number of carbonyl (C=O) groups is 1. The molecule has 1 atom stereocenters. The second-order valence-corrected chi connectivity index (χ2v) is 10.3. The van der Waals surface area contributed by atoms with Gasteiger partial charge in [-0.05, 0) is 55.3 Å². The Morgan fingerprint density at radius 1 is 0.970 bits per heavy atom. The van der Waals surface area contributed by atoms with Gasteiger partial charge in [0.05, 0.1) is 21.9 Å². The minimum absolute atomic E-state index is 0.000504. The van der Waals surface area contributed by atoms with E-state index in [4.69, 9.17) is 0 Å². The highest BCUT2D eigenvalue weighted by Gasteiger charge is 2.38. The van der Waals surface area contributed by atoms with Crippen LogP contribution in [0.2, 0.25) is 0 Å². The van der Waals surface area contributed by atoms with Gasteiger partial charge in [0.2, 0.25) is 15.9 Å². The Labute approximate surface area is 193 Å². The molecule has 0 aliphatic carbocycles. The van der Waals surface area contributed by atoms with Crippen LogP contribution in [-0.4, -0.2) is 31.7 Å². The molecule has 1 heterocycles. The van der Waals surface area contributed by atoms with E-state index in [1.165, 1.54) is 24.3 Å². The third-order valence-electron chi connectivity index (χ3n) is 5.06. The lowest BCUT2D eigenvalue weighted by molar-refractivity contribution is -0.143. The SMILES string of the molecule is O=C(Nc1cc(C(F)(F)F)cc(C(F)(F)F)c1)C1CCCN(S(=O)(=O)c2ccc(Br)cc2)C1. The molecule has 13 heteroatoms. The summed E-state index contributed by atoms with van der Waals surface area (Å²) in [5, 5.41) is 2.09. The molecule has 33 heavy (non-hydrogen) atoms. The maximum absolute atomic E-state index is 13.0. The van der Waals surface area contributed by atoms with Gasteiger partial charge in [-0.2, -0.15) is 30.6 Å². The van der Waals surface area contributed by atoms with E-state index in [-0.39, 0.29) is 30.5 Å². The van der Waals surface area contributed by atoms with Crippen LogP contribution in [0, 0.1) is 5.92 Å². The lowest BCUT2D eigenvalue weighted by Gasteiger charge is -2.31. The molecule has 1 fully saturated rings. The van der Waals surface area contributed by atoms with Crippen LogP contribution >= 0.6 is 15.9 Å². The zero-order chi connectivity index (χ0) is 24.6. The molecular weight excluding hydrogens is 542 g/mol. The topological polar surface area (TPSA) is 66.5 Å². The number of hydrogen-bond acceptors (Lipinski definition) is 3. The summed E-state index contributed by atoms with van der Waals surface area (Å²) in [6, 6.07) is 6.61. The number of nitrogens with zero attached hydrogens (tertiary/aromatic N) is 1. The molecule has 1 saturated heterocycles. The van der Waals surface area contributed by atoms with Crippen molar-refractivity contribution in [3.63, 3.8) is 0 Å². The third-order valence-corrected chi connectivity index (χ3v) is 7.47. The number of alkyl halides is 6. The first-order valence-corrected chi connectivity index (χ1v) is 11.8. The number of amides is 1. The van der Waals surface area contributed by atoms with Crippen molar-refractivity contribution in [1.29, 1.82) is 0 Å². The molecule has 0 saturated carbocycles. The first kappa shape index (κ1) is 25.5. The molecule has 2 aromatic rings. The highest BCUT2D eigenvalue weighted by atomic mass is 79.9. The van der Waals surface area contributed by atoms with Gasteiger partial charge in [-0.1, -0.05) is 15.9 Å². The van der Waals surface area contributed by atoms with Crippen LogP contribution in [0.4, 0.5) is 32.0 Å². The standard InChI is InChI=1S/C20H17BrF6N2O3S/c21-15-3-5-17(6-4-15)33(31,32)29-7-1-2-12(11-29)18(30)28-16-9-13(19(22,23)24)8-14(10-16)20(25,26)27/h3-6,8-10,12H,1-2,7,11H2,(H,28,30). The van der Waals surface area contributed by atoms with E-state index < -0.39 is 51.0 Å². The molecular formula is C20H17BrF6N2O3S. The Kier molecular flexibility index (Phi) is 7.16. The number of nitrogens with one attached hydrogen (secondary N) is 1. The largest absolute Gasteiger partial charge is 0.416 e. The van der Waals surface area contributed by atoms with Crippen LogP contribution in [0.25, 0.3) is 0 Å². The van der Waals surface area contributed by atoms with Crippen molar-refractivity contribution in [3.8, 4) is 0 Å². The van der Waals surface area contributed by atoms with Gasteiger partial charge >= 0.3 is 12.4 Å². The summed E-state index contributed by atoms with van der Waals surface area (Å²) in [4.78, 5) is 12.6. The number of halogens is 7. The third kappa shape index (κ3) is 6.07. The van der Waals surface area contributed by atoms with Crippen molar-refractivity contribution in [2.24, 2.45) is 5.92 Å². The molecule has 3 rings (SSSR count). The highest BCUT2D eigenvalue weighted by Crippen LogP contribution is 2.38. The van der Waals surface area contributed by atoms with Gasteiger partial charge in [-0.25, -0.2) is 8.42 Å². The van der Waals surface area contributed by atoms with Crippen LogP contribution in [0.15, 0.2) is 51.8 Å². The van der Waals surface area contributed by atoms with E-state index in [0.717, 1.165) is 4.31 Å². The number of hydrogen-bond donors (Lipinski definition) is 1. The summed E-state index contributed by atoms with van der Waals surface area (Å²) in [6.07, 6.45) is -9.59. The Morgan fingerprint density at radius 2 is 1.52 bits per heavy atom. The average Bonchev–Trinajstić information content (AvgIpc) is 2.72. The molecule has 180 valence electrons. The fourth-order valence-corrected chi connectivity index (χ4v) is 5.19. The predicted octanol–water partition coefficient (Wildman–Crippen LogP) is 5.53. The van der Waals surface area contributed by atoms with E-state index in [9.17, 15) is 39.6 Å². The van der Waals surface area contributed by atoms with Gasteiger partial charge in [0.25, 0.3) is 0 Å².